The van der Waals surface area contributed by atoms with Gasteiger partial charge in [0.2, 0.25) is 11.6 Å². The molecule has 45 heavy (non-hydrogen) atoms. The van der Waals surface area contributed by atoms with Crippen molar-refractivity contribution in [2.45, 2.75) is 37.5 Å². The molecule has 3 atom stereocenters. The van der Waals surface area contributed by atoms with Crippen molar-refractivity contribution >= 4 is 86.1 Å². The molecule has 238 valence electrons. The van der Waals surface area contributed by atoms with Crippen LogP contribution in [0.25, 0.3) is 11.0 Å². The van der Waals surface area contributed by atoms with Crippen molar-refractivity contribution in [2.75, 3.05) is 30.8 Å². The Bertz CT molecular complexity index is 1770. The first-order valence-corrected chi connectivity index (χ1v) is 15.7. The second-order valence-corrected chi connectivity index (χ2v) is 12.8. The highest BCUT2D eigenvalue weighted by Gasteiger charge is 2.53. The Balaban J connectivity index is 1.39. The number of aromatic nitrogens is 3. The standard InChI is InChI=1S/C26H28ClN9O7S2/c1-11(24(39)40)43-33-17(16-20(27)45-26(29)32-16)21(37)31-18-22(38)36-19(25(41)42)12(10-44-23(18)36)9-34-6-3-4-13-14(34)8-15(28)35(13)7-5-30-2/h3-4,6,8,11,18,23,28,30H,5,7,9-10H2,1-2H3,(H5,29,31,32,37,39,40,41,42)/b33-17-/t11-,18?,23?/m0/s1. The zero-order chi connectivity index (χ0) is 32.6. The number of carbonyl (C=O) groups excluding carboxylic acids is 3. The summed E-state index contributed by atoms with van der Waals surface area (Å²) in [5.41, 5.74) is 13.1. The molecule has 0 saturated carbocycles. The first-order valence-electron chi connectivity index (χ1n) is 13.4. The molecule has 0 aromatic carbocycles. The lowest BCUT2D eigenvalue weighted by molar-refractivity contribution is -0.663. The van der Waals surface area contributed by atoms with Gasteiger partial charge in [0.25, 0.3) is 11.8 Å². The number of halogens is 1. The molecule has 0 bridgehead atoms. The third kappa shape index (κ3) is 6.13. The summed E-state index contributed by atoms with van der Waals surface area (Å²) in [5.74, 6) is -3.74. The van der Waals surface area contributed by atoms with E-state index in [1.807, 2.05) is 34.4 Å². The van der Waals surface area contributed by atoms with E-state index in [2.05, 4.69) is 20.8 Å². The number of rotatable bonds is 12. The van der Waals surface area contributed by atoms with E-state index in [9.17, 15) is 24.3 Å². The normalized spacial score (nSPS) is 18.9. The van der Waals surface area contributed by atoms with Crippen LogP contribution < -0.4 is 31.8 Å². The summed E-state index contributed by atoms with van der Waals surface area (Å²) >= 11 is 8.27. The molecule has 2 aliphatic heterocycles. The predicted molar refractivity (Wildman–Crippen MR) is 164 cm³/mol. The number of anilines is 2. The number of fused-ring (bicyclic) bond motifs is 2. The number of thiazole rings is 1. The number of oxime groups is 1. The van der Waals surface area contributed by atoms with Crippen LogP contribution in [0.2, 0.25) is 4.34 Å². The lowest BCUT2D eigenvalue weighted by Crippen LogP contribution is -2.71. The van der Waals surface area contributed by atoms with Gasteiger partial charge in [0.05, 0.1) is 17.7 Å². The molecule has 0 radical (unpaired) electrons. The van der Waals surface area contributed by atoms with E-state index >= 15 is 0 Å². The number of β-lactam (4-membered cyclic amide) rings is 1. The van der Waals surface area contributed by atoms with Crippen LogP contribution in [0, 0.1) is 0 Å². The molecule has 5 rings (SSSR count). The fraction of sp³-hybridized carbons (Fsp3) is 0.346. The van der Waals surface area contributed by atoms with Crippen molar-refractivity contribution in [3.8, 4) is 0 Å². The van der Waals surface area contributed by atoms with Gasteiger partial charge < -0.3 is 46.5 Å². The molecular weight excluding hydrogens is 650 g/mol. The molecule has 0 aliphatic carbocycles. The van der Waals surface area contributed by atoms with Gasteiger partial charge in [0.15, 0.2) is 23.6 Å². The predicted octanol–water partition coefficient (Wildman–Crippen LogP) is -1.28. The fourth-order valence-corrected chi connectivity index (χ4v) is 7.21. The minimum atomic E-state index is -1.53. The molecule has 1 saturated heterocycles. The maximum Gasteiger partial charge on any atom is 0.347 e. The van der Waals surface area contributed by atoms with Crippen LogP contribution in [-0.2, 0) is 37.1 Å². The van der Waals surface area contributed by atoms with Gasteiger partial charge in [-0.2, -0.15) is 4.57 Å². The van der Waals surface area contributed by atoms with Crippen molar-refractivity contribution in [3.63, 3.8) is 0 Å². The lowest BCUT2D eigenvalue weighted by Gasteiger charge is -2.50. The second-order valence-electron chi connectivity index (χ2n) is 10.0. The van der Waals surface area contributed by atoms with Gasteiger partial charge in [0, 0.05) is 30.5 Å². The van der Waals surface area contributed by atoms with Crippen LogP contribution in [-0.4, -0.2) is 85.9 Å². The lowest BCUT2D eigenvalue weighted by atomic mass is 10.0. The summed E-state index contributed by atoms with van der Waals surface area (Å²) in [6.45, 7) is 2.68. The third-order valence-corrected chi connectivity index (χ3v) is 9.57. The average molecular weight is 678 g/mol. The fourth-order valence-electron chi connectivity index (χ4n) is 4.94. The van der Waals surface area contributed by atoms with E-state index < -0.39 is 47.0 Å². The summed E-state index contributed by atoms with van der Waals surface area (Å²) in [4.78, 5) is 60.2. The van der Waals surface area contributed by atoms with Crippen molar-refractivity contribution in [1.82, 2.24) is 25.1 Å². The molecule has 2 aliphatic rings. The van der Waals surface area contributed by atoms with Crippen LogP contribution >= 0.6 is 34.7 Å². The Hall–Kier alpha value is -4.39. The maximum absolute atomic E-state index is 13.3. The number of pyridine rings is 1. The topological polar surface area (TPSA) is 234 Å². The molecule has 0 spiro atoms. The number of carboxylic acids is 2. The highest BCUT2D eigenvalue weighted by molar-refractivity contribution is 8.00. The SMILES string of the molecule is CNCCn1c(N)cc2c1ccc[n+]2CC1=C(C(=O)[O-])N2C(=O)C(NC(=O)/C(=N\O[C@@H](C)C(=O)O)c3nc(N)sc3Cl)C2SC1. The quantitative estimate of drug-likeness (QED) is 0.0653. The van der Waals surface area contributed by atoms with Crippen molar-refractivity contribution in [2.24, 2.45) is 5.16 Å². The van der Waals surface area contributed by atoms with E-state index in [4.69, 9.17) is 33.0 Å². The van der Waals surface area contributed by atoms with Gasteiger partial charge in [-0.1, -0.05) is 28.1 Å². The number of nitrogens with one attached hydrogen (secondary N) is 2. The number of hydrogen-bond acceptors (Lipinski definition) is 13. The Morgan fingerprint density at radius 2 is 2.13 bits per heavy atom. The molecule has 5 heterocycles. The summed E-state index contributed by atoms with van der Waals surface area (Å²) < 4.78 is 3.79. The van der Waals surface area contributed by atoms with E-state index in [-0.39, 0.29) is 33.2 Å². The minimum Gasteiger partial charge on any atom is -0.543 e. The second kappa shape index (κ2) is 12.9. The molecule has 19 heteroatoms. The highest BCUT2D eigenvalue weighted by Crippen LogP contribution is 2.40. The minimum absolute atomic E-state index is 0.0116. The number of amides is 2. The zero-order valence-corrected chi connectivity index (χ0v) is 26.2. The summed E-state index contributed by atoms with van der Waals surface area (Å²) in [7, 11) is 1.84. The number of aliphatic carboxylic acids is 2. The van der Waals surface area contributed by atoms with Crippen LogP contribution in [0.1, 0.15) is 12.6 Å². The van der Waals surface area contributed by atoms with Crippen LogP contribution in [0.3, 0.4) is 0 Å². The molecule has 2 amide bonds. The highest BCUT2D eigenvalue weighted by atomic mass is 35.5. The molecule has 3 aromatic heterocycles. The van der Waals surface area contributed by atoms with Gasteiger partial charge >= 0.3 is 5.97 Å². The number of nitrogens with zero attached hydrogens (tertiary/aromatic N) is 5. The summed E-state index contributed by atoms with van der Waals surface area (Å²) in [6, 6.07) is 4.42. The van der Waals surface area contributed by atoms with E-state index in [0.717, 1.165) is 27.3 Å². The Morgan fingerprint density at radius 1 is 1.38 bits per heavy atom. The monoisotopic (exact) mass is 677 g/mol. The van der Waals surface area contributed by atoms with E-state index in [0.29, 0.717) is 24.5 Å². The Labute approximate surface area is 268 Å². The largest absolute Gasteiger partial charge is 0.543 e. The van der Waals surface area contributed by atoms with Crippen molar-refractivity contribution in [1.29, 1.82) is 0 Å². The maximum atomic E-state index is 13.3. The Morgan fingerprint density at radius 3 is 2.78 bits per heavy atom. The Kier molecular flexibility index (Phi) is 9.19. The number of nitrogens with two attached hydrogens (primary N) is 2. The first kappa shape index (κ1) is 32.0. The number of nitrogen functional groups attached to an aromatic ring is 2. The number of thioether (sulfide) groups is 1. The molecule has 16 nitrogen and oxygen atoms in total. The van der Waals surface area contributed by atoms with Crippen LogP contribution in [0.15, 0.2) is 40.8 Å². The van der Waals surface area contributed by atoms with E-state index in [1.165, 1.54) is 18.7 Å². The molecule has 2 unspecified atom stereocenters. The number of hydrogen-bond donors (Lipinski definition) is 5. The van der Waals surface area contributed by atoms with Gasteiger partial charge in [-0.3, -0.25) is 14.5 Å². The third-order valence-electron chi connectivity index (χ3n) is 7.14. The zero-order valence-electron chi connectivity index (χ0n) is 23.9. The average Bonchev–Trinajstić information content (AvgIpc) is 3.51. The number of carbonyl (C=O) groups is 4. The first-order chi connectivity index (χ1) is 21.4. The van der Waals surface area contributed by atoms with Gasteiger partial charge in [-0.25, -0.2) is 9.78 Å². The molecule has 7 N–H and O–H groups in total. The van der Waals surface area contributed by atoms with Gasteiger partial charge in [-0.05, 0) is 20.0 Å². The summed E-state index contributed by atoms with van der Waals surface area (Å²) in [5, 5.41) is 30.0. The summed E-state index contributed by atoms with van der Waals surface area (Å²) in [6.07, 6.45) is 0.380. The van der Waals surface area contributed by atoms with Crippen LogP contribution in [0.4, 0.5) is 10.9 Å². The molecular formula is C26H28ClN9O7S2. The van der Waals surface area contributed by atoms with Crippen molar-refractivity contribution < 1.29 is 38.8 Å². The van der Waals surface area contributed by atoms with Gasteiger partial charge in [-0.15, -0.1) is 11.8 Å². The van der Waals surface area contributed by atoms with Crippen LogP contribution in [0.5, 0.6) is 0 Å². The van der Waals surface area contributed by atoms with Crippen molar-refractivity contribution in [3.05, 3.63) is 45.7 Å². The molecule has 1 fully saturated rings. The van der Waals surface area contributed by atoms with Gasteiger partial charge in [0.1, 0.15) is 32.8 Å². The smallest absolute Gasteiger partial charge is 0.347 e. The number of carboxylic acid groups (broad SMARTS) is 2. The number of likely N-dealkylation sites (N-methyl/N-ethyl adjacent to an activating group) is 1. The molecule has 3 aromatic rings. The van der Waals surface area contributed by atoms with E-state index in [1.54, 1.807) is 6.20 Å².